The number of rotatable bonds is 6. The maximum Gasteiger partial charge on any atom is 0.186 e. The van der Waals surface area contributed by atoms with Crippen LogP contribution in [-0.4, -0.2) is 22.9 Å². The lowest BCUT2D eigenvalue weighted by Crippen LogP contribution is -2.32. The smallest absolute Gasteiger partial charge is 0.186 e. The van der Waals surface area contributed by atoms with Crippen molar-refractivity contribution in [2.24, 2.45) is 5.10 Å². The first-order valence-corrected chi connectivity index (χ1v) is 6.20. The minimum absolute atomic E-state index is 0.557. The van der Waals surface area contributed by atoms with Crippen molar-refractivity contribution in [2.75, 3.05) is 6.54 Å². The number of hydrazone groups is 1. The molecule has 0 radical (unpaired) electrons. The molecule has 0 aromatic carbocycles. The molecule has 0 aliphatic carbocycles. The molecule has 4 nitrogen and oxygen atoms in total. The Labute approximate surface area is 108 Å². The zero-order valence-electron chi connectivity index (χ0n) is 10.0. The molecule has 0 bridgehead atoms. The van der Waals surface area contributed by atoms with E-state index in [0.717, 1.165) is 18.5 Å². The highest BCUT2D eigenvalue weighted by molar-refractivity contribution is 7.80. The summed E-state index contributed by atoms with van der Waals surface area (Å²) in [5.41, 5.74) is 3.71. The van der Waals surface area contributed by atoms with E-state index in [9.17, 15) is 0 Å². The van der Waals surface area contributed by atoms with Crippen LogP contribution in [0.1, 0.15) is 31.7 Å². The number of hydrogen-bond acceptors (Lipinski definition) is 3. The van der Waals surface area contributed by atoms with Crippen LogP contribution in [-0.2, 0) is 0 Å². The highest BCUT2D eigenvalue weighted by Crippen LogP contribution is 1.91. The summed E-state index contributed by atoms with van der Waals surface area (Å²) in [6.07, 6.45) is 8.71. The van der Waals surface area contributed by atoms with Gasteiger partial charge in [0.2, 0.25) is 0 Å². The van der Waals surface area contributed by atoms with E-state index in [-0.39, 0.29) is 0 Å². The van der Waals surface area contributed by atoms with E-state index < -0.39 is 0 Å². The third-order valence-corrected chi connectivity index (χ3v) is 2.37. The molecule has 0 aliphatic rings. The Morgan fingerprint density at radius 1 is 1.53 bits per heavy atom. The van der Waals surface area contributed by atoms with Gasteiger partial charge < -0.3 is 5.32 Å². The van der Waals surface area contributed by atoms with E-state index >= 15 is 0 Å². The average Bonchev–Trinajstić information content (AvgIpc) is 2.36. The molecule has 2 N–H and O–H groups in total. The molecule has 1 aromatic rings. The van der Waals surface area contributed by atoms with Crippen molar-refractivity contribution >= 4 is 23.5 Å². The lowest BCUT2D eigenvalue weighted by molar-refractivity contribution is 0.691. The Balaban J connectivity index is 2.17. The van der Waals surface area contributed by atoms with E-state index in [2.05, 4.69) is 27.8 Å². The Morgan fingerprint density at radius 2 is 2.41 bits per heavy atom. The monoisotopic (exact) mass is 250 g/mol. The zero-order valence-corrected chi connectivity index (χ0v) is 10.8. The van der Waals surface area contributed by atoms with Crippen LogP contribution in [0, 0.1) is 0 Å². The van der Waals surface area contributed by atoms with Crippen LogP contribution in [0.5, 0.6) is 0 Å². The average molecular weight is 250 g/mol. The van der Waals surface area contributed by atoms with Crippen LogP contribution in [0.25, 0.3) is 0 Å². The van der Waals surface area contributed by atoms with Gasteiger partial charge in [-0.15, -0.1) is 0 Å². The highest BCUT2D eigenvalue weighted by Gasteiger charge is 1.91. The number of aromatic nitrogens is 1. The molecule has 17 heavy (non-hydrogen) atoms. The van der Waals surface area contributed by atoms with E-state index in [1.807, 2.05) is 12.1 Å². The van der Waals surface area contributed by atoms with Crippen molar-refractivity contribution in [3.8, 4) is 0 Å². The Morgan fingerprint density at radius 3 is 3.12 bits per heavy atom. The summed E-state index contributed by atoms with van der Waals surface area (Å²) >= 11 is 5.07. The first-order valence-electron chi connectivity index (χ1n) is 5.80. The molecule has 0 aliphatic heterocycles. The topological polar surface area (TPSA) is 49.3 Å². The van der Waals surface area contributed by atoms with Gasteiger partial charge in [0.15, 0.2) is 5.11 Å². The van der Waals surface area contributed by atoms with Gasteiger partial charge in [-0.3, -0.25) is 10.4 Å². The zero-order chi connectivity index (χ0) is 12.3. The first kappa shape index (κ1) is 13.6. The second-order valence-corrected chi connectivity index (χ2v) is 4.03. The van der Waals surface area contributed by atoms with Crippen LogP contribution in [0.2, 0.25) is 0 Å². The number of pyridine rings is 1. The summed E-state index contributed by atoms with van der Waals surface area (Å²) in [4.78, 5) is 3.99. The van der Waals surface area contributed by atoms with Crippen molar-refractivity contribution in [3.05, 3.63) is 30.1 Å². The summed E-state index contributed by atoms with van der Waals surface area (Å²) in [6.45, 7) is 3.07. The Hall–Kier alpha value is -1.49. The summed E-state index contributed by atoms with van der Waals surface area (Å²) < 4.78 is 0. The quantitative estimate of drug-likeness (QED) is 0.351. The maximum absolute atomic E-state index is 5.07. The number of thiocarbonyl (C=S) groups is 1. The van der Waals surface area contributed by atoms with Crippen LogP contribution in [0.3, 0.4) is 0 Å². The molecular weight excluding hydrogens is 232 g/mol. The second-order valence-electron chi connectivity index (χ2n) is 3.62. The SMILES string of the molecule is CCCCCNC(=S)N/N=C\c1cccnc1. The molecule has 0 saturated heterocycles. The van der Waals surface area contributed by atoms with Crippen molar-refractivity contribution in [1.82, 2.24) is 15.7 Å². The first-order chi connectivity index (χ1) is 8.33. The summed E-state index contributed by atoms with van der Waals surface area (Å²) in [5, 5.41) is 7.67. The van der Waals surface area contributed by atoms with E-state index in [4.69, 9.17) is 12.2 Å². The molecule has 0 amide bonds. The predicted molar refractivity (Wildman–Crippen MR) is 75.1 cm³/mol. The molecule has 1 heterocycles. The molecule has 0 unspecified atom stereocenters. The molecule has 5 heteroatoms. The van der Waals surface area contributed by atoms with Gasteiger partial charge >= 0.3 is 0 Å². The van der Waals surface area contributed by atoms with Crippen LogP contribution >= 0.6 is 12.2 Å². The fourth-order valence-electron chi connectivity index (χ4n) is 1.23. The lowest BCUT2D eigenvalue weighted by Gasteiger charge is -2.05. The van der Waals surface area contributed by atoms with Crippen molar-refractivity contribution < 1.29 is 0 Å². The highest BCUT2D eigenvalue weighted by atomic mass is 32.1. The van der Waals surface area contributed by atoms with Gasteiger partial charge in [-0.05, 0) is 24.7 Å². The molecular formula is C12H18N4S. The molecule has 0 fully saturated rings. The van der Waals surface area contributed by atoms with Crippen LogP contribution in [0.15, 0.2) is 29.6 Å². The van der Waals surface area contributed by atoms with Crippen molar-refractivity contribution in [2.45, 2.75) is 26.2 Å². The summed E-state index contributed by atoms with van der Waals surface area (Å²) in [6, 6.07) is 3.79. The molecule has 1 rings (SSSR count). The predicted octanol–water partition coefficient (Wildman–Crippen LogP) is 2.07. The lowest BCUT2D eigenvalue weighted by atomic mass is 10.2. The number of nitrogens with zero attached hydrogens (tertiary/aromatic N) is 2. The van der Waals surface area contributed by atoms with Crippen LogP contribution in [0.4, 0.5) is 0 Å². The van der Waals surface area contributed by atoms with Crippen molar-refractivity contribution in [1.29, 1.82) is 0 Å². The molecule has 92 valence electrons. The fourth-order valence-corrected chi connectivity index (χ4v) is 1.39. The van der Waals surface area contributed by atoms with Gasteiger partial charge in [-0.25, -0.2) is 0 Å². The minimum atomic E-state index is 0.557. The normalized spacial score (nSPS) is 10.4. The van der Waals surface area contributed by atoms with Gasteiger partial charge in [0.05, 0.1) is 6.21 Å². The van der Waals surface area contributed by atoms with E-state index in [0.29, 0.717) is 5.11 Å². The number of hydrogen-bond donors (Lipinski definition) is 2. The molecule has 0 saturated carbocycles. The second kappa shape index (κ2) is 8.64. The van der Waals surface area contributed by atoms with Crippen LogP contribution < -0.4 is 10.7 Å². The Kier molecular flexibility index (Phi) is 6.90. The molecule has 0 spiro atoms. The Bertz CT molecular complexity index is 351. The number of unbranched alkanes of at least 4 members (excludes halogenated alkanes) is 2. The third kappa shape index (κ3) is 6.63. The fraction of sp³-hybridized carbons (Fsp3) is 0.417. The van der Waals surface area contributed by atoms with E-state index in [1.165, 1.54) is 12.8 Å². The minimum Gasteiger partial charge on any atom is -0.361 e. The summed E-state index contributed by atoms with van der Waals surface area (Å²) in [7, 11) is 0. The third-order valence-electron chi connectivity index (χ3n) is 2.13. The van der Waals surface area contributed by atoms with Gasteiger partial charge in [-0.2, -0.15) is 5.10 Å². The standard InChI is InChI=1S/C12H18N4S/c1-2-3-4-8-14-12(17)16-15-10-11-6-5-7-13-9-11/h5-7,9-10H,2-4,8H2,1H3,(H2,14,16,17)/b15-10-. The maximum atomic E-state index is 5.07. The van der Waals surface area contributed by atoms with Gasteiger partial charge in [0, 0.05) is 24.5 Å². The summed E-state index contributed by atoms with van der Waals surface area (Å²) in [5.74, 6) is 0. The molecule has 0 atom stereocenters. The van der Waals surface area contributed by atoms with Gasteiger partial charge in [-0.1, -0.05) is 25.8 Å². The largest absolute Gasteiger partial charge is 0.361 e. The van der Waals surface area contributed by atoms with Gasteiger partial charge in [0.1, 0.15) is 0 Å². The van der Waals surface area contributed by atoms with Gasteiger partial charge in [0.25, 0.3) is 0 Å². The number of nitrogens with one attached hydrogen (secondary N) is 2. The molecule has 1 aromatic heterocycles. The van der Waals surface area contributed by atoms with Crippen molar-refractivity contribution in [3.63, 3.8) is 0 Å². The van der Waals surface area contributed by atoms with E-state index in [1.54, 1.807) is 18.6 Å².